The first-order chi connectivity index (χ1) is 14.5. The molecule has 0 aliphatic carbocycles. The van der Waals surface area contributed by atoms with E-state index in [2.05, 4.69) is 16.4 Å². The molecule has 7 nitrogen and oxygen atoms in total. The van der Waals surface area contributed by atoms with Crippen LogP contribution in [0.4, 0.5) is 9.93 Å². The molecule has 152 valence electrons. The number of nitrogens with one attached hydrogen (secondary N) is 1. The summed E-state index contributed by atoms with van der Waals surface area (Å²) >= 11 is 1.38. The van der Waals surface area contributed by atoms with Gasteiger partial charge in [0, 0.05) is 23.5 Å². The van der Waals surface area contributed by atoms with E-state index < -0.39 is 0 Å². The molecule has 3 heterocycles. The Labute approximate surface area is 178 Å². The molecule has 30 heavy (non-hydrogen) atoms. The Morgan fingerprint density at radius 2 is 2.03 bits per heavy atom. The number of benzene rings is 1. The van der Waals surface area contributed by atoms with Crippen molar-refractivity contribution in [2.75, 3.05) is 18.5 Å². The lowest BCUT2D eigenvalue weighted by Crippen LogP contribution is -2.54. The number of aliphatic hydroxyl groups excluding tert-OH is 1. The molecule has 1 aliphatic rings. The lowest BCUT2D eigenvalue weighted by molar-refractivity contribution is 0.0770. The molecule has 0 bridgehead atoms. The van der Waals surface area contributed by atoms with Crippen molar-refractivity contribution in [2.24, 2.45) is 0 Å². The molecule has 2 aromatic heterocycles. The molecular weight excluding hydrogens is 398 g/mol. The van der Waals surface area contributed by atoms with E-state index >= 15 is 0 Å². The Balaban J connectivity index is 1.75. The number of hydrogen-bond donors (Lipinski definition) is 2. The van der Waals surface area contributed by atoms with Gasteiger partial charge < -0.3 is 10.0 Å². The van der Waals surface area contributed by atoms with Crippen molar-refractivity contribution in [3.8, 4) is 27.8 Å². The van der Waals surface area contributed by atoms with Gasteiger partial charge in [-0.05, 0) is 50.1 Å². The molecule has 2 N–H and O–H groups in total. The summed E-state index contributed by atoms with van der Waals surface area (Å²) in [6, 6.07) is 13.0. The van der Waals surface area contributed by atoms with Gasteiger partial charge in [-0.15, -0.1) is 0 Å². The van der Waals surface area contributed by atoms with Crippen molar-refractivity contribution in [1.29, 1.82) is 5.26 Å². The highest BCUT2D eigenvalue weighted by Crippen LogP contribution is 2.40. The van der Waals surface area contributed by atoms with Crippen LogP contribution in [0, 0.1) is 25.2 Å². The van der Waals surface area contributed by atoms with Crippen molar-refractivity contribution in [1.82, 2.24) is 14.9 Å². The lowest BCUT2D eigenvalue weighted by Gasteiger charge is -2.39. The summed E-state index contributed by atoms with van der Waals surface area (Å²) in [5.41, 5.74) is 4.82. The highest BCUT2D eigenvalue weighted by atomic mass is 32.1. The van der Waals surface area contributed by atoms with Crippen LogP contribution in [0.25, 0.3) is 21.7 Å². The monoisotopic (exact) mass is 419 g/mol. The zero-order chi connectivity index (χ0) is 21.3. The lowest BCUT2D eigenvalue weighted by atomic mass is 10.0. The van der Waals surface area contributed by atoms with E-state index in [1.54, 1.807) is 17.0 Å². The Kier molecular flexibility index (Phi) is 5.48. The minimum absolute atomic E-state index is 0.0433. The number of aromatic nitrogens is 2. The minimum Gasteiger partial charge on any atom is -0.394 e. The number of anilines is 1. The predicted molar refractivity (Wildman–Crippen MR) is 116 cm³/mol. The van der Waals surface area contributed by atoms with Crippen molar-refractivity contribution in [2.45, 2.75) is 26.3 Å². The molecule has 1 unspecified atom stereocenters. The standard InChI is InChI=1S/C22H21N5O2S/c1-13-8-17(9-14(2)24-13)20-19(16-5-3-4-15(10-16)11-23)25-21(30-20)26-22(29)27-7-6-18(27)12-28/h3-5,8-10,18,28H,6-7,12H2,1-2H3,(H,25,26,29). The second-order valence-electron chi connectivity index (χ2n) is 7.28. The van der Waals surface area contributed by atoms with Crippen molar-refractivity contribution >= 4 is 22.5 Å². The quantitative estimate of drug-likeness (QED) is 0.666. The van der Waals surface area contributed by atoms with E-state index in [0.717, 1.165) is 33.8 Å². The van der Waals surface area contributed by atoms with Gasteiger partial charge in [0.1, 0.15) is 0 Å². The maximum Gasteiger partial charge on any atom is 0.323 e. The fraction of sp³-hybridized carbons (Fsp3) is 0.273. The number of amides is 2. The van der Waals surface area contributed by atoms with Gasteiger partial charge in [0.25, 0.3) is 0 Å². The van der Waals surface area contributed by atoms with Gasteiger partial charge in [0.2, 0.25) is 0 Å². The molecule has 1 atom stereocenters. The number of aliphatic hydroxyl groups is 1. The number of thiazole rings is 1. The molecule has 3 aromatic rings. The molecular formula is C22H21N5O2S. The fourth-order valence-electron chi connectivity index (χ4n) is 3.53. The molecule has 4 rings (SSSR count). The number of urea groups is 1. The van der Waals surface area contributed by atoms with E-state index in [-0.39, 0.29) is 18.7 Å². The number of likely N-dealkylation sites (tertiary alicyclic amines) is 1. The van der Waals surface area contributed by atoms with E-state index in [4.69, 9.17) is 4.98 Å². The summed E-state index contributed by atoms with van der Waals surface area (Å²) < 4.78 is 0. The van der Waals surface area contributed by atoms with Gasteiger partial charge in [-0.25, -0.2) is 9.78 Å². The Hall–Kier alpha value is -3.28. The zero-order valence-corrected chi connectivity index (χ0v) is 17.5. The number of pyridine rings is 1. The maximum absolute atomic E-state index is 12.6. The molecule has 0 saturated carbocycles. The zero-order valence-electron chi connectivity index (χ0n) is 16.7. The van der Waals surface area contributed by atoms with Crippen LogP contribution in [-0.4, -0.2) is 45.2 Å². The Morgan fingerprint density at radius 1 is 1.27 bits per heavy atom. The minimum atomic E-state index is -0.264. The highest BCUT2D eigenvalue weighted by Gasteiger charge is 2.32. The Bertz CT molecular complexity index is 1130. The molecule has 8 heteroatoms. The molecule has 1 aliphatic heterocycles. The summed E-state index contributed by atoms with van der Waals surface area (Å²) in [5, 5.41) is 22.0. The number of rotatable bonds is 4. The van der Waals surface area contributed by atoms with Crippen LogP contribution < -0.4 is 5.32 Å². The summed E-state index contributed by atoms with van der Waals surface area (Å²) in [7, 11) is 0. The number of carbonyl (C=O) groups excluding carboxylic acids is 1. The first-order valence-corrected chi connectivity index (χ1v) is 10.5. The summed E-state index contributed by atoms with van der Waals surface area (Å²) in [4.78, 5) is 24.2. The second kappa shape index (κ2) is 8.22. The maximum atomic E-state index is 12.6. The smallest absolute Gasteiger partial charge is 0.323 e. The fourth-order valence-corrected chi connectivity index (χ4v) is 4.49. The second-order valence-corrected chi connectivity index (χ2v) is 8.28. The van der Waals surface area contributed by atoms with Crippen LogP contribution in [-0.2, 0) is 0 Å². The van der Waals surface area contributed by atoms with Gasteiger partial charge >= 0.3 is 6.03 Å². The average Bonchev–Trinajstić information content (AvgIpc) is 3.10. The van der Waals surface area contributed by atoms with Gasteiger partial charge in [-0.2, -0.15) is 5.26 Å². The van der Waals surface area contributed by atoms with Crippen molar-refractivity contribution < 1.29 is 9.90 Å². The van der Waals surface area contributed by atoms with Crippen LogP contribution in [0.3, 0.4) is 0 Å². The van der Waals surface area contributed by atoms with Crippen molar-refractivity contribution in [3.05, 3.63) is 53.3 Å². The molecule has 1 aromatic carbocycles. The molecule has 1 saturated heterocycles. The van der Waals surface area contributed by atoms with E-state index in [1.165, 1.54) is 11.3 Å². The van der Waals surface area contributed by atoms with Crippen LogP contribution in [0.5, 0.6) is 0 Å². The van der Waals surface area contributed by atoms with Crippen LogP contribution in [0.2, 0.25) is 0 Å². The largest absolute Gasteiger partial charge is 0.394 e. The molecule has 2 amide bonds. The third kappa shape index (κ3) is 3.90. The molecule has 0 radical (unpaired) electrons. The number of carbonyl (C=O) groups is 1. The topological polar surface area (TPSA) is 102 Å². The first-order valence-electron chi connectivity index (χ1n) is 9.64. The third-order valence-corrected chi connectivity index (χ3v) is 6.09. The predicted octanol–water partition coefficient (Wildman–Crippen LogP) is 3.96. The molecule has 0 spiro atoms. The Morgan fingerprint density at radius 3 is 2.67 bits per heavy atom. The van der Waals surface area contributed by atoms with Gasteiger partial charge in [0.15, 0.2) is 5.13 Å². The number of nitrogens with zero attached hydrogens (tertiary/aromatic N) is 4. The number of nitriles is 1. The van der Waals surface area contributed by atoms with E-state index in [9.17, 15) is 15.2 Å². The number of hydrogen-bond acceptors (Lipinski definition) is 6. The van der Waals surface area contributed by atoms with Crippen LogP contribution in [0.1, 0.15) is 23.4 Å². The van der Waals surface area contributed by atoms with Gasteiger partial charge in [0.05, 0.1) is 34.9 Å². The number of aryl methyl sites for hydroxylation is 2. The van der Waals surface area contributed by atoms with Gasteiger partial charge in [-0.1, -0.05) is 23.5 Å². The van der Waals surface area contributed by atoms with Crippen molar-refractivity contribution in [3.63, 3.8) is 0 Å². The summed E-state index contributed by atoms with van der Waals surface area (Å²) in [5.74, 6) is 0. The average molecular weight is 420 g/mol. The molecule has 1 fully saturated rings. The van der Waals surface area contributed by atoms with E-state index in [1.807, 2.05) is 38.1 Å². The SMILES string of the molecule is Cc1cc(-c2sc(NC(=O)N3CCC3CO)nc2-c2cccc(C#N)c2)cc(C)n1. The summed E-state index contributed by atoms with van der Waals surface area (Å²) in [6.45, 7) is 4.46. The summed E-state index contributed by atoms with van der Waals surface area (Å²) in [6.07, 6.45) is 0.800. The normalized spacial score (nSPS) is 15.4. The van der Waals surface area contributed by atoms with Crippen LogP contribution in [0.15, 0.2) is 36.4 Å². The van der Waals surface area contributed by atoms with Crippen LogP contribution >= 0.6 is 11.3 Å². The first kappa shape index (κ1) is 20.0. The third-order valence-electron chi connectivity index (χ3n) is 5.07. The highest BCUT2D eigenvalue weighted by molar-refractivity contribution is 7.19. The van der Waals surface area contributed by atoms with E-state index in [0.29, 0.717) is 22.9 Å². The van der Waals surface area contributed by atoms with Gasteiger partial charge in [-0.3, -0.25) is 10.3 Å².